The predicted molar refractivity (Wildman–Crippen MR) is 89.6 cm³/mol. The molecule has 3 rings (SSSR count). The molecule has 7 nitrogen and oxygen atoms in total. The summed E-state index contributed by atoms with van der Waals surface area (Å²) in [5.74, 6) is 0.389. The van der Waals surface area contributed by atoms with Gasteiger partial charge in [0.1, 0.15) is 0 Å². The van der Waals surface area contributed by atoms with Crippen LogP contribution in [0.25, 0.3) is 11.3 Å². The number of aromatic amines is 1. The number of amides is 1. The van der Waals surface area contributed by atoms with E-state index in [2.05, 4.69) is 15.5 Å². The summed E-state index contributed by atoms with van der Waals surface area (Å²) in [4.78, 5) is 22.7. The molecular formula is C17H20N4O3. The third kappa shape index (κ3) is 3.61. The van der Waals surface area contributed by atoms with E-state index in [4.69, 9.17) is 0 Å². The van der Waals surface area contributed by atoms with Crippen molar-refractivity contribution in [3.05, 3.63) is 46.1 Å². The molecule has 24 heavy (non-hydrogen) atoms. The van der Waals surface area contributed by atoms with Crippen molar-refractivity contribution in [1.29, 1.82) is 0 Å². The molecule has 1 aromatic carbocycles. The van der Waals surface area contributed by atoms with E-state index in [-0.39, 0.29) is 11.6 Å². The van der Waals surface area contributed by atoms with Crippen LogP contribution in [0.4, 0.5) is 5.69 Å². The van der Waals surface area contributed by atoms with Gasteiger partial charge in [0.2, 0.25) is 0 Å². The predicted octanol–water partition coefficient (Wildman–Crippen LogP) is 3.30. The summed E-state index contributed by atoms with van der Waals surface area (Å²) in [7, 11) is 0. The molecule has 1 aromatic heterocycles. The average molecular weight is 328 g/mol. The van der Waals surface area contributed by atoms with Crippen molar-refractivity contribution in [1.82, 2.24) is 15.5 Å². The molecule has 0 radical (unpaired) electrons. The van der Waals surface area contributed by atoms with Gasteiger partial charge >= 0.3 is 0 Å². The van der Waals surface area contributed by atoms with E-state index >= 15 is 0 Å². The fourth-order valence-electron chi connectivity index (χ4n) is 3.15. The summed E-state index contributed by atoms with van der Waals surface area (Å²) < 4.78 is 0. The van der Waals surface area contributed by atoms with Crippen LogP contribution in [0.3, 0.4) is 0 Å². The number of aromatic nitrogens is 2. The molecule has 0 aliphatic heterocycles. The van der Waals surface area contributed by atoms with Gasteiger partial charge in [-0.1, -0.05) is 19.3 Å². The summed E-state index contributed by atoms with van der Waals surface area (Å²) in [5, 5.41) is 20.5. The maximum absolute atomic E-state index is 12.4. The fraction of sp³-hybridized carbons (Fsp3) is 0.412. The highest BCUT2D eigenvalue weighted by Crippen LogP contribution is 2.25. The zero-order valence-electron chi connectivity index (χ0n) is 13.3. The Balaban J connectivity index is 1.69. The molecule has 126 valence electrons. The molecule has 0 bridgehead atoms. The first-order chi connectivity index (χ1) is 11.6. The lowest BCUT2D eigenvalue weighted by Crippen LogP contribution is -2.30. The van der Waals surface area contributed by atoms with Gasteiger partial charge in [0.25, 0.3) is 11.6 Å². The number of hydrogen-bond donors (Lipinski definition) is 2. The summed E-state index contributed by atoms with van der Waals surface area (Å²) in [6.45, 7) is 0.684. The lowest BCUT2D eigenvalue weighted by Gasteiger charge is -2.21. The first-order valence-electron chi connectivity index (χ1n) is 8.21. The van der Waals surface area contributed by atoms with Crippen molar-refractivity contribution in [2.24, 2.45) is 5.92 Å². The highest BCUT2D eigenvalue weighted by molar-refractivity contribution is 5.99. The number of nitrogens with one attached hydrogen (secondary N) is 2. The molecule has 0 atom stereocenters. The Morgan fingerprint density at radius 2 is 1.96 bits per heavy atom. The van der Waals surface area contributed by atoms with E-state index in [1.165, 1.54) is 50.4 Å². The van der Waals surface area contributed by atoms with Gasteiger partial charge in [0, 0.05) is 24.2 Å². The topological polar surface area (TPSA) is 101 Å². The monoisotopic (exact) mass is 328 g/mol. The maximum atomic E-state index is 12.4. The van der Waals surface area contributed by atoms with Crippen LogP contribution in [0.1, 0.15) is 42.5 Å². The first-order valence-corrected chi connectivity index (χ1v) is 8.21. The van der Waals surface area contributed by atoms with Gasteiger partial charge in [0.05, 0.1) is 22.4 Å². The minimum Gasteiger partial charge on any atom is -0.352 e. The lowest BCUT2D eigenvalue weighted by molar-refractivity contribution is -0.384. The van der Waals surface area contributed by atoms with Gasteiger partial charge < -0.3 is 5.32 Å². The SMILES string of the molecule is O=C(NCC1CCCCC1)c1cn[nH]c1-c1ccc([N+](=O)[O-])cc1. The third-order valence-corrected chi connectivity index (χ3v) is 4.53. The molecule has 1 heterocycles. The Hall–Kier alpha value is -2.70. The molecule has 2 aromatic rings. The minimum atomic E-state index is -0.450. The summed E-state index contributed by atoms with van der Waals surface area (Å²) in [6, 6.07) is 6.06. The van der Waals surface area contributed by atoms with E-state index in [1.54, 1.807) is 12.1 Å². The maximum Gasteiger partial charge on any atom is 0.269 e. The summed E-state index contributed by atoms with van der Waals surface area (Å²) in [5.41, 5.74) is 1.74. The zero-order chi connectivity index (χ0) is 16.9. The smallest absolute Gasteiger partial charge is 0.269 e. The number of H-pyrrole nitrogens is 1. The molecule has 0 spiro atoms. The van der Waals surface area contributed by atoms with Crippen LogP contribution in [-0.2, 0) is 0 Å². The number of carbonyl (C=O) groups is 1. The van der Waals surface area contributed by atoms with Crippen molar-refractivity contribution in [3.63, 3.8) is 0 Å². The first kappa shape index (κ1) is 16.2. The van der Waals surface area contributed by atoms with Gasteiger partial charge in [-0.2, -0.15) is 5.10 Å². The summed E-state index contributed by atoms with van der Waals surface area (Å²) >= 11 is 0. The molecule has 1 aliphatic carbocycles. The molecule has 1 amide bonds. The minimum absolute atomic E-state index is 0.0153. The van der Waals surface area contributed by atoms with Crippen LogP contribution in [0.2, 0.25) is 0 Å². The van der Waals surface area contributed by atoms with Gasteiger partial charge in [-0.3, -0.25) is 20.0 Å². The normalized spacial score (nSPS) is 15.2. The van der Waals surface area contributed by atoms with Crippen LogP contribution in [0, 0.1) is 16.0 Å². The number of non-ortho nitro benzene ring substituents is 1. The summed E-state index contributed by atoms with van der Waals surface area (Å²) in [6.07, 6.45) is 7.59. The molecule has 1 fully saturated rings. The Kier molecular flexibility index (Phi) is 4.88. The highest BCUT2D eigenvalue weighted by Gasteiger charge is 2.18. The number of nitrogens with zero attached hydrogens (tertiary/aromatic N) is 2. The van der Waals surface area contributed by atoms with Gasteiger partial charge in [-0.05, 0) is 30.9 Å². The Morgan fingerprint density at radius 3 is 2.62 bits per heavy atom. The quantitative estimate of drug-likeness (QED) is 0.649. The molecule has 1 saturated carbocycles. The number of nitro benzene ring substituents is 1. The second-order valence-corrected chi connectivity index (χ2v) is 6.18. The van der Waals surface area contributed by atoms with Crippen LogP contribution >= 0.6 is 0 Å². The molecular weight excluding hydrogens is 308 g/mol. The van der Waals surface area contributed by atoms with Crippen molar-refractivity contribution < 1.29 is 9.72 Å². The molecule has 7 heteroatoms. The largest absolute Gasteiger partial charge is 0.352 e. The van der Waals surface area contributed by atoms with Crippen LogP contribution < -0.4 is 5.32 Å². The zero-order valence-corrected chi connectivity index (χ0v) is 13.3. The van der Waals surface area contributed by atoms with Crippen molar-refractivity contribution >= 4 is 11.6 Å². The Labute approximate surface area is 139 Å². The second-order valence-electron chi connectivity index (χ2n) is 6.18. The standard InChI is InChI=1S/C17H20N4O3/c22-17(18-10-12-4-2-1-3-5-12)15-11-19-20-16(15)13-6-8-14(9-7-13)21(23)24/h6-9,11-12H,1-5,10H2,(H,18,22)(H,19,20). The highest BCUT2D eigenvalue weighted by atomic mass is 16.6. The van der Waals surface area contributed by atoms with Crippen LogP contribution in [0.15, 0.2) is 30.5 Å². The fourth-order valence-corrected chi connectivity index (χ4v) is 3.15. The van der Waals surface area contributed by atoms with E-state index in [1.807, 2.05) is 0 Å². The van der Waals surface area contributed by atoms with Crippen molar-refractivity contribution in [2.45, 2.75) is 32.1 Å². The molecule has 2 N–H and O–H groups in total. The van der Waals surface area contributed by atoms with Crippen molar-refractivity contribution in [2.75, 3.05) is 6.54 Å². The van der Waals surface area contributed by atoms with Crippen LogP contribution in [-0.4, -0.2) is 27.6 Å². The third-order valence-electron chi connectivity index (χ3n) is 4.53. The van der Waals surface area contributed by atoms with Crippen molar-refractivity contribution in [3.8, 4) is 11.3 Å². The number of rotatable bonds is 5. The number of carbonyl (C=O) groups excluding carboxylic acids is 1. The van der Waals surface area contributed by atoms with Gasteiger partial charge in [-0.15, -0.1) is 0 Å². The van der Waals surface area contributed by atoms with Gasteiger partial charge in [0.15, 0.2) is 0 Å². The number of nitro groups is 1. The lowest BCUT2D eigenvalue weighted by atomic mass is 9.89. The second kappa shape index (κ2) is 7.25. The molecule has 0 saturated heterocycles. The molecule has 0 unspecified atom stereocenters. The van der Waals surface area contributed by atoms with E-state index in [0.717, 1.165) is 0 Å². The number of hydrogen-bond acceptors (Lipinski definition) is 4. The van der Waals surface area contributed by atoms with Crippen LogP contribution in [0.5, 0.6) is 0 Å². The van der Waals surface area contributed by atoms with E-state index < -0.39 is 4.92 Å². The van der Waals surface area contributed by atoms with E-state index in [9.17, 15) is 14.9 Å². The number of benzene rings is 1. The Morgan fingerprint density at radius 1 is 1.25 bits per heavy atom. The van der Waals surface area contributed by atoms with Gasteiger partial charge in [-0.25, -0.2) is 0 Å². The average Bonchev–Trinajstić information content (AvgIpc) is 3.10. The Bertz CT molecular complexity index is 718. The molecule has 1 aliphatic rings. The van der Waals surface area contributed by atoms with E-state index in [0.29, 0.717) is 29.3 Å².